The molecule has 2 aliphatic heterocycles. The number of likely N-dealkylation sites (tertiary alicyclic amines) is 2. The molecule has 154 valence electrons. The minimum atomic E-state index is 0.281. The summed E-state index contributed by atoms with van der Waals surface area (Å²) >= 11 is 0. The van der Waals surface area contributed by atoms with Gasteiger partial charge in [-0.2, -0.15) is 0 Å². The largest absolute Gasteiger partial charge is 0.347 e. The fourth-order valence-electron chi connectivity index (χ4n) is 4.43. The number of hydrogen-bond acceptors (Lipinski definition) is 5. The van der Waals surface area contributed by atoms with Crippen molar-refractivity contribution in [1.82, 2.24) is 19.8 Å². The molecule has 3 heterocycles. The molecule has 2 saturated heterocycles. The maximum absolute atomic E-state index is 12.6. The summed E-state index contributed by atoms with van der Waals surface area (Å²) in [6.07, 6.45) is 6.43. The third kappa shape index (κ3) is 4.58. The zero-order valence-electron chi connectivity index (χ0n) is 17.5. The maximum atomic E-state index is 12.6. The lowest BCUT2D eigenvalue weighted by molar-refractivity contribution is -0.131. The Morgan fingerprint density at radius 1 is 1.10 bits per heavy atom. The molecular formula is C23H31N5O. The van der Waals surface area contributed by atoms with Crippen molar-refractivity contribution in [2.24, 2.45) is 0 Å². The highest BCUT2D eigenvalue weighted by molar-refractivity contribution is 5.78. The van der Waals surface area contributed by atoms with Crippen LogP contribution in [0.4, 0.5) is 5.95 Å². The van der Waals surface area contributed by atoms with Gasteiger partial charge in [0.25, 0.3) is 0 Å². The van der Waals surface area contributed by atoms with Crippen LogP contribution in [0.3, 0.4) is 0 Å². The summed E-state index contributed by atoms with van der Waals surface area (Å²) in [7, 11) is 3.95. The molecule has 0 N–H and O–H groups in total. The van der Waals surface area contributed by atoms with E-state index in [0.29, 0.717) is 12.5 Å². The van der Waals surface area contributed by atoms with E-state index in [9.17, 15) is 4.79 Å². The van der Waals surface area contributed by atoms with Crippen LogP contribution in [-0.2, 0) is 4.79 Å². The molecule has 2 aliphatic rings. The van der Waals surface area contributed by atoms with E-state index in [1.807, 2.05) is 36.2 Å². The zero-order valence-corrected chi connectivity index (χ0v) is 17.5. The molecule has 4 rings (SSSR count). The Balaban J connectivity index is 1.57. The van der Waals surface area contributed by atoms with Gasteiger partial charge in [0.1, 0.15) is 0 Å². The summed E-state index contributed by atoms with van der Waals surface area (Å²) < 4.78 is 0. The van der Waals surface area contributed by atoms with Crippen LogP contribution in [-0.4, -0.2) is 72.5 Å². The Bertz CT molecular complexity index is 832. The molecule has 0 bridgehead atoms. The SMILES string of the molecule is CN(C)c1ncc(-c2ccccc2)c([C@H]2CCCN(CC(=O)N3CCCC3)C2)n1. The molecule has 6 nitrogen and oxygen atoms in total. The van der Waals surface area contributed by atoms with Crippen LogP contribution in [0.2, 0.25) is 0 Å². The second kappa shape index (κ2) is 8.91. The second-order valence-electron chi connectivity index (χ2n) is 8.39. The lowest BCUT2D eigenvalue weighted by Gasteiger charge is -2.34. The van der Waals surface area contributed by atoms with Gasteiger partial charge in [-0.15, -0.1) is 0 Å². The molecule has 1 aromatic heterocycles. The Labute approximate surface area is 173 Å². The minimum Gasteiger partial charge on any atom is -0.347 e. The van der Waals surface area contributed by atoms with Gasteiger partial charge in [0, 0.05) is 51.4 Å². The van der Waals surface area contributed by atoms with E-state index in [1.165, 1.54) is 0 Å². The average molecular weight is 394 g/mol. The van der Waals surface area contributed by atoms with Gasteiger partial charge < -0.3 is 9.80 Å². The Hall–Kier alpha value is -2.47. The van der Waals surface area contributed by atoms with E-state index in [1.54, 1.807) is 0 Å². The minimum absolute atomic E-state index is 0.281. The summed E-state index contributed by atoms with van der Waals surface area (Å²) in [6, 6.07) is 10.4. The highest BCUT2D eigenvalue weighted by atomic mass is 16.2. The van der Waals surface area contributed by atoms with E-state index >= 15 is 0 Å². The van der Waals surface area contributed by atoms with Crippen molar-refractivity contribution in [3.8, 4) is 11.1 Å². The number of aromatic nitrogens is 2. The van der Waals surface area contributed by atoms with Crippen LogP contribution >= 0.6 is 0 Å². The predicted octanol–water partition coefficient (Wildman–Crippen LogP) is 3.01. The van der Waals surface area contributed by atoms with Gasteiger partial charge in [-0.1, -0.05) is 30.3 Å². The fraction of sp³-hybridized carbons (Fsp3) is 0.522. The topological polar surface area (TPSA) is 52.6 Å². The quantitative estimate of drug-likeness (QED) is 0.782. The normalized spacial score (nSPS) is 20.1. The fourth-order valence-corrected chi connectivity index (χ4v) is 4.43. The zero-order chi connectivity index (χ0) is 20.2. The molecule has 0 spiro atoms. The van der Waals surface area contributed by atoms with Gasteiger partial charge in [-0.05, 0) is 37.8 Å². The molecule has 0 saturated carbocycles. The van der Waals surface area contributed by atoms with Gasteiger partial charge in [0.15, 0.2) is 0 Å². The van der Waals surface area contributed by atoms with Crippen LogP contribution < -0.4 is 4.90 Å². The first-order chi connectivity index (χ1) is 14.1. The number of amides is 1. The van der Waals surface area contributed by atoms with E-state index in [0.717, 1.165) is 74.6 Å². The number of rotatable bonds is 5. The highest BCUT2D eigenvalue weighted by Gasteiger charge is 2.28. The Morgan fingerprint density at radius 2 is 1.86 bits per heavy atom. The Morgan fingerprint density at radius 3 is 2.59 bits per heavy atom. The maximum Gasteiger partial charge on any atom is 0.236 e. The number of carbonyl (C=O) groups excluding carboxylic acids is 1. The summed E-state index contributed by atoms with van der Waals surface area (Å²) in [6.45, 7) is 4.24. The number of carbonyl (C=O) groups is 1. The molecule has 0 aliphatic carbocycles. The first kappa shape index (κ1) is 19.8. The van der Waals surface area contributed by atoms with Crippen molar-refractivity contribution in [2.75, 3.05) is 51.7 Å². The molecule has 29 heavy (non-hydrogen) atoms. The number of hydrogen-bond donors (Lipinski definition) is 0. The van der Waals surface area contributed by atoms with Crippen LogP contribution in [0.25, 0.3) is 11.1 Å². The van der Waals surface area contributed by atoms with Crippen molar-refractivity contribution in [3.05, 3.63) is 42.2 Å². The summed E-state index contributed by atoms with van der Waals surface area (Å²) in [5, 5.41) is 0. The lowest BCUT2D eigenvalue weighted by atomic mass is 9.90. The third-order valence-electron chi connectivity index (χ3n) is 6.00. The number of nitrogens with zero attached hydrogens (tertiary/aromatic N) is 5. The molecule has 1 atom stereocenters. The van der Waals surface area contributed by atoms with E-state index in [4.69, 9.17) is 4.98 Å². The molecule has 0 radical (unpaired) electrons. The summed E-state index contributed by atoms with van der Waals surface area (Å²) in [5.74, 6) is 1.33. The van der Waals surface area contributed by atoms with Gasteiger partial charge in [-0.3, -0.25) is 9.69 Å². The molecule has 1 aromatic carbocycles. The van der Waals surface area contributed by atoms with E-state index < -0.39 is 0 Å². The smallest absolute Gasteiger partial charge is 0.236 e. The summed E-state index contributed by atoms with van der Waals surface area (Å²) in [5.41, 5.74) is 3.36. The van der Waals surface area contributed by atoms with Gasteiger partial charge in [0.2, 0.25) is 11.9 Å². The first-order valence-corrected chi connectivity index (χ1v) is 10.7. The number of anilines is 1. The van der Waals surface area contributed by atoms with Crippen molar-refractivity contribution < 1.29 is 4.79 Å². The number of piperidine rings is 1. The van der Waals surface area contributed by atoms with Crippen LogP contribution in [0.1, 0.15) is 37.3 Å². The van der Waals surface area contributed by atoms with Gasteiger partial charge >= 0.3 is 0 Å². The lowest BCUT2D eigenvalue weighted by Crippen LogP contribution is -2.43. The molecule has 1 amide bonds. The molecule has 6 heteroatoms. The Kier molecular flexibility index (Phi) is 6.09. The van der Waals surface area contributed by atoms with Gasteiger partial charge in [-0.25, -0.2) is 9.97 Å². The van der Waals surface area contributed by atoms with Crippen molar-refractivity contribution in [2.45, 2.75) is 31.6 Å². The molecule has 0 unspecified atom stereocenters. The van der Waals surface area contributed by atoms with Crippen LogP contribution in [0, 0.1) is 0 Å². The second-order valence-corrected chi connectivity index (χ2v) is 8.39. The first-order valence-electron chi connectivity index (χ1n) is 10.7. The average Bonchev–Trinajstić information content (AvgIpc) is 3.29. The standard InChI is InChI=1S/C23H31N5O/c1-26(2)23-24-15-20(18-9-4-3-5-10-18)22(25-23)19-11-8-12-27(16-19)17-21(29)28-13-6-7-14-28/h3-5,9-10,15,19H,6-8,11-14,16-17H2,1-2H3/t19-/m0/s1. The number of benzene rings is 1. The molecular weight excluding hydrogens is 362 g/mol. The van der Waals surface area contributed by atoms with E-state index in [2.05, 4.69) is 34.1 Å². The summed E-state index contributed by atoms with van der Waals surface area (Å²) in [4.78, 5) is 28.5. The molecule has 2 fully saturated rings. The van der Waals surface area contributed by atoms with Crippen LogP contribution in [0.5, 0.6) is 0 Å². The monoisotopic (exact) mass is 393 g/mol. The van der Waals surface area contributed by atoms with E-state index in [-0.39, 0.29) is 5.91 Å². The predicted molar refractivity (Wildman–Crippen MR) is 116 cm³/mol. The van der Waals surface area contributed by atoms with Crippen molar-refractivity contribution in [3.63, 3.8) is 0 Å². The van der Waals surface area contributed by atoms with Gasteiger partial charge in [0.05, 0.1) is 12.2 Å². The highest BCUT2D eigenvalue weighted by Crippen LogP contribution is 2.33. The third-order valence-corrected chi connectivity index (χ3v) is 6.00. The van der Waals surface area contributed by atoms with Crippen molar-refractivity contribution >= 4 is 11.9 Å². The van der Waals surface area contributed by atoms with Crippen LogP contribution in [0.15, 0.2) is 36.5 Å². The molecule has 2 aromatic rings. The van der Waals surface area contributed by atoms with Crippen molar-refractivity contribution in [1.29, 1.82) is 0 Å².